The molecule has 0 amide bonds. The van der Waals surface area contributed by atoms with E-state index in [2.05, 4.69) is 31.0 Å². The first-order valence-electron chi connectivity index (χ1n) is 6.61. The number of ether oxygens (including phenoxy) is 2. The number of nitrogens with zero attached hydrogens (tertiary/aromatic N) is 1. The lowest BCUT2D eigenvalue weighted by Crippen LogP contribution is -2.55. The molecule has 1 heterocycles. The number of hydrogen-bond acceptors (Lipinski definition) is 4. The Morgan fingerprint density at radius 1 is 1.35 bits per heavy atom. The summed E-state index contributed by atoms with van der Waals surface area (Å²) < 4.78 is 10.5. The zero-order valence-electron chi connectivity index (χ0n) is 11.8. The number of hydrogen-bond donors (Lipinski definition) is 1. The lowest BCUT2D eigenvalue weighted by Gasteiger charge is -2.41. The van der Waals surface area contributed by atoms with E-state index in [0.29, 0.717) is 6.04 Å². The van der Waals surface area contributed by atoms with Gasteiger partial charge < -0.3 is 14.8 Å². The summed E-state index contributed by atoms with van der Waals surface area (Å²) in [5.41, 5.74) is 0.200. The van der Waals surface area contributed by atoms with Gasteiger partial charge in [-0.1, -0.05) is 0 Å². The van der Waals surface area contributed by atoms with Crippen molar-refractivity contribution in [1.82, 2.24) is 10.2 Å². The van der Waals surface area contributed by atoms with Crippen LogP contribution in [0.2, 0.25) is 0 Å². The Kier molecular flexibility index (Phi) is 6.41. The zero-order chi connectivity index (χ0) is 12.7. The molecule has 0 spiro atoms. The summed E-state index contributed by atoms with van der Waals surface area (Å²) in [5.74, 6) is 0. The van der Waals surface area contributed by atoms with Crippen molar-refractivity contribution >= 4 is 0 Å². The maximum absolute atomic E-state index is 5.39. The first-order valence-corrected chi connectivity index (χ1v) is 6.61. The van der Waals surface area contributed by atoms with Gasteiger partial charge in [-0.2, -0.15) is 0 Å². The maximum atomic E-state index is 5.39. The summed E-state index contributed by atoms with van der Waals surface area (Å²) in [6.07, 6.45) is 1.07. The van der Waals surface area contributed by atoms with E-state index in [-0.39, 0.29) is 5.54 Å². The predicted molar refractivity (Wildman–Crippen MR) is 70.4 cm³/mol. The van der Waals surface area contributed by atoms with Gasteiger partial charge in [0.05, 0.1) is 13.2 Å². The summed E-state index contributed by atoms with van der Waals surface area (Å²) in [5, 5.41) is 3.59. The largest absolute Gasteiger partial charge is 0.385 e. The van der Waals surface area contributed by atoms with Crippen LogP contribution in [0.15, 0.2) is 0 Å². The van der Waals surface area contributed by atoms with E-state index >= 15 is 0 Å². The van der Waals surface area contributed by atoms with E-state index in [4.69, 9.17) is 9.47 Å². The van der Waals surface area contributed by atoms with Crippen molar-refractivity contribution in [3.8, 4) is 0 Å². The Bertz CT molecular complexity index is 204. The summed E-state index contributed by atoms with van der Waals surface area (Å²) in [4.78, 5) is 2.51. The molecule has 102 valence electrons. The molecule has 1 atom stereocenters. The highest BCUT2D eigenvalue weighted by molar-refractivity contribution is 4.86. The average molecular weight is 244 g/mol. The van der Waals surface area contributed by atoms with Crippen LogP contribution in [-0.4, -0.2) is 63.0 Å². The van der Waals surface area contributed by atoms with Crippen molar-refractivity contribution in [1.29, 1.82) is 0 Å². The molecule has 17 heavy (non-hydrogen) atoms. The molecule has 0 aromatic carbocycles. The molecule has 4 heteroatoms. The van der Waals surface area contributed by atoms with Crippen molar-refractivity contribution in [2.75, 3.05) is 46.6 Å². The summed E-state index contributed by atoms with van der Waals surface area (Å²) in [6, 6.07) is 0.510. The van der Waals surface area contributed by atoms with Crippen molar-refractivity contribution in [2.24, 2.45) is 0 Å². The molecule has 1 unspecified atom stereocenters. The van der Waals surface area contributed by atoms with Gasteiger partial charge in [0.25, 0.3) is 0 Å². The van der Waals surface area contributed by atoms with Crippen molar-refractivity contribution in [2.45, 2.75) is 38.8 Å². The second kappa shape index (κ2) is 7.31. The molecule has 1 fully saturated rings. The van der Waals surface area contributed by atoms with Gasteiger partial charge in [-0.25, -0.2) is 0 Å². The second-order valence-electron chi connectivity index (χ2n) is 5.48. The van der Waals surface area contributed by atoms with Gasteiger partial charge in [0.15, 0.2) is 0 Å². The van der Waals surface area contributed by atoms with Crippen molar-refractivity contribution in [3.05, 3.63) is 0 Å². The molecule has 1 aliphatic rings. The van der Waals surface area contributed by atoms with Crippen LogP contribution < -0.4 is 5.32 Å². The second-order valence-corrected chi connectivity index (χ2v) is 5.48. The van der Waals surface area contributed by atoms with Gasteiger partial charge in [0, 0.05) is 44.9 Å². The van der Waals surface area contributed by atoms with Crippen LogP contribution in [0.25, 0.3) is 0 Å². The normalized spacial score (nSPS) is 20.5. The standard InChI is InChI=1S/C13H28N2O2/c1-12(5-8-16-4)14-11-13(2,3)15-6-9-17-10-7-15/h12,14H,5-11H2,1-4H3. The van der Waals surface area contributed by atoms with Gasteiger partial charge in [-0.05, 0) is 27.2 Å². The fourth-order valence-corrected chi connectivity index (χ4v) is 2.10. The molecule has 1 aliphatic heterocycles. The van der Waals surface area contributed by atoms with E-state index in [1.807, 2.05) is 0 Å². The lowest BCUT2D eigenvalue weighted by atomic mass is 10.0. The molecule has 0 aromatic heterocycles. The van der Waals surface area contributed by atoms with Crippen LogP contribution in [0, 0.1) is 0 Å². The van der Waals surface area contributed by atoms with E-state index in [0.717, 1.165) is 45.9 Å². The highest BCUT2D eigenvalue weighted by atomic mass is 16.5. The Morgan fingerprint density at radius 3 is 2.59 bits per heavy atom. The summed E-state index contributed by atoms with van der Waals surface area (Å²) in [6.45, 7) is 12.5. The van der Waals surface area contributed by atoms with Crippen LogP contribution in [-0.2, 0) is 9.47 Å². The third-order valence-corrected chi connectivity index (χ3v) is 3.51. The number of methoxy groups -OCH3 is 1. The number of nitrogens with one attached hydrogen (secondary N) is 1. The minimum atomic E-state index is 0.200. The highest BCUT2D eigenvalue weighted by Gasteiger charge is 2.28. The highest BCUT2D eigenvalue weighted by Crippen LogP contribution is 2.15. The van der Waals surface area contributed by atoms with Gasteiger partial charge in [-0.15, -0.1) is 0 Å². The molecular weight excluding hydrogens is 216 g/mol. The summed E-state index contributed by atoms with van der Waals surface area (Å²) in [7, 11) is 1.75. The zero-order valence-corrected chi connectivity index (χ0v) is 11.8. The van der Waals surface area contributed by atoms with E-state index in [9.17, 15) is 0 Å². The first kappa shape index (κ1) is 14.9. The minimum absolute atomic E-state index is 0.200. The molecule has 0 radical (unpaired) electrons. The van der Waals surface area contributed by atoms with Gasteiger partial charge >= 0.3 is 0 Å². The van der Waals surface area contributed by atoms with Crippen LogP contribution in [0.5, 0.6) is 0 Å². The van der Waals surface area contributed by atoms with E-state index in [1.165, 1.54) is 0 Å². The van der Waals surface area contributed by atoms with Crippen LogP contribution in [0.3, 0.4) is 0 Å². The third-order valence-electron chi connectivity index (χ3n) is 3.51. The van der Waals surface area contributed by atoms with Gasteiger partial charge in [0.2, 0.25) is 0 Å². The average Bonchev–Trinajstić information content (AvgIpc) is 2.35. The fraction of sp³-hybridized carbons (Fsp3) is 1.00. The van der Waals surface area contributed by atoms with Gasteiger partial charge in [0.1, 0.15) is 0 Å². The third kappa shape index (κ3) is 5.34. The number of morpholine rings is 1. The quantitative estimate of drug-likeness (QED) is 0.727. The molecule has 0 aliphatic carbocycles. The van der Waals surface area contributed by atoms with Crippen LogP contribution >= 0.6 is 0 Å². The minimum Gasteiger partial charge on any atom is -0.385 e. The molecule has 1 saturated heterocycles. The fourth-order valence-electron chi connectivity index (χ4n) is 2.10. The Balaban J connectivity index is 2.27. The summed E-state index contributed by atoms with van der Waals surface area (Å²) >= 11 is 0. The lowest BCUT2D eigenvalue weighted by molar-refractivity contribution is -0.0104. The van der Waals surface area contributed by atoms with Crippen molar-refractivity contribution < 1.29 is 9.47 Å². The Morgan fingerprint density at radius 2 is 2.00 bits per heavy atom. The van der Waals surface area contributed by atoms with Crippen LogP contribution in [0.4, 0.5) is 0 Å². The Hall–Kier alpha value is -0.160. The molecule has 1 rings (SSSR count). The van der Waals surface area contributed by atoms with Crippen molar-refractivity contribution in [3.63, 3.8) is 0 Å². The topological polar surface area (TPSA) is 33.7 Å². The molecule has 0 aromatic rings. The number of rotatable bonds is 7. The monoisotopic (exact) mass is 244 g/mol. The maximum Gasteiger partial charge on any atom is 0.0594 e. The first-order chi connectivity index (χ1) is 8.06. The molecule has 0 bridgehead atoms. The molecule has 1 N–H and O–H groups in total. The van der Waals surface area contributed by atoms with Gasteiger partial charge in [-0.3, -0.25) is 4.90 Å². The molecule has 4 nitrogen and oxygen atoms in total. The van der Waals surface area contributed by atoms with E-state index in [1.54, 1.807) is 7.11 Å². The Labute approximate surface area is 106 Å². The smallest absolute Gasteiger partial charge is 0.0594 e. The molecule has 0 saturated carbocycles. The van der Waals surface area contributed by atoms with Crippen LogP contribution in [0.1, 0.15) is 27.2 Å². The molecular formula is C13H28N2O2. The predicted octanol–water partition coefficient (Wildman–Crippen LogP) is 1.11. The van der Waals surface area contributed by atoms with E-state index < -0.39 is 0 Å². The SMILES string of the molecule is COCCC(C)NCC(C)(C)N1CCOCC1.